The van der Waals surface area contributed by atoms with Crippen LogP contribution in [0.2, 0.25) is 0 Å². The molecule has 2 aromatic carbocycles. The van der Waals surface area contributed by atoms with Gasteiger partial charge in [0.2, 0.25) is 0 Å². The lowest BCUT2D eigenvalue weighted by molar-refractivity contribution is 0.480. The van der Waals surface area contributed by atoms with Crippen molar-refractivity contribution in [1.29, 1.82) is 0 Å². The smallest absolute Gasteiger partial charge is 0.153 e. The first kappa shape index (κ1) is 14.0. The lowest BCUT2D eigenvalue weighted by atomic mass is 10.2. The Kier molecular flexibility index (Phi) is 3.88. The molecule has 0 radical (unpaired) electrons. The van der Waals surface area contributed by atoms with Gasteiger partial charge in [-0.2, -0.15) is 0 Å². The number of ether oxygens (including phenoxy) is 1. The maximum atomic E-state index is 13.3. The van der Waals surface area contributed by atoms with Crippen molar-refractivity contribution in [2.24, 2.45) is 0 Å². The van der Waals surface area contributed by atoms with Gasteiger partial charge in [-0.3, -0.25) is 0 Å². The van der Waals surface area contributed by atoms with Gasteiger partial charge < -0.3 is 4.74 Å². The topological polar surface area (TPSA) is 22.1 Å². The summed E-state index contributed by atoms with van der Waals surface area (Å²) < 4.78 is 19.3. The zero-order chi connectivity index (χ0) is 14.8. The molecule has 0 atom stereocenters. The van der Waals surface area contributed by atoms with E-state index in [2.05, 4.69) is 20.9 Å². The Bertz CT molecular complexity index is 804. The van der Waals surface area contributed by atoms with E-state index in [1.165, 1.54) is 12.1 Å². The standard InChI is InChI=1S/C17H13BrFNO/c1-11-5-6-12-3-2-4-16(17(12)20-11)21-15-8-7-14(19)9-13(15)10-18/h2-9H,10H2,1H3. The highest BCUT2D eigenvalue weighted by Crippen LogP contribution is 2.32. The molecule has 0 amide bonds. The summed E-state index contributed by atoms with van der Waals surface area (Å²) >= 11 is 3.35. The molecule has 0 N–H and O–H groups in total. The van der Waals surface area contributed by atoms with Crippen LogP contribution in [-0.2, 0) is 5.33 Å². The molecule has 0 aliphatic carbocycles. The normalized spacial score (nSPS) is 10.8. The maximum Gasteiger partial charge on any atom is 0.153 e. The number of benzene rings is 2. The molecular formula is C17H13BrFNO. The van der Waals surface area contributed by atoms with E-state index in [1.807, 2.05) is 37.3 Å². The number of nitrogens with zero attached hydrogens (tertiary/aromatic N) is 1. The Hall–Kier alpha value is -1.94. The van der Waals surface area contributed by atoms with Crippen LogP contribution < -0.4 is 4.74 Å². The summed E-state index contributed by atoms with van der Waals surface area (Å²) in [6, 6.07) is 14.3. The van der Waals surface area contributed by atoms with E-state index in [4.69, 9.17) is 4.74 Å². The van der Waals surface area contributed by atoms with Crippen LogP contribution in [0.4, 0.5) is 4.39 Å². The van der Waals surface area contributed by atoms with Gasteiger partial charge in [-0.1, -0.05) is 34.1 Å². The van der Waals surface area contributed by atoms with Gasteiger partial charge in [0, 0.05) is 22.0 Å². The summed E-state index contributed by atoms with van der Waals surface area (Å²) in [7, 11) is 0. The third-order valence-electron chi connectivity index (χ3n) is 3.21. The third kappa shape index (κ3) is 2.90. The molecule has 0 aliphatic heterocycles. The molecule has 21 heavy (non-hydrogen) atoms. The monoisotopic (exact) mass is 345 g/mol. The van der Waals surface area contributed by atoms with Crippen molar-refractivity contribution in [2.45, 2.75) is 12.3 Å². The van der Waals surface area contributed by atoms with Crippen molar-refractivity contribution >= 4 is 26.8 Å². The van der Waals surface area contributed by atoms with Gasteiger partial charge >= 0.3 is 0 Å². The molecule has 0 spiro atoms. The van der Waals surface area contributed by atoms with Gasteiger partial charge in [0.25, 0.3) is 0 Å². The van der Waals surface area contributed by atoms with Crippen LogP contribution in [0.25, 0.3) is 10.9 Å². The fraction of sp³-hybridized carbons (Fsp3) is 0.118. The molecule has 0 unspecified atom stereocenters. The largest absolute Gasteiger partial charge is 0.455 e. The number of pyridine rings is 1. The third-order valence-corrected chi connectivity index (χ3v) is 3.81. The first-order valence-corrected chi connectivity index (χ1v) is 7.68. The second kappa shape index (κ2) is 5.82. The molecule has 0 saturated heterocycles. The number of hydrogen-bond donors (Lipinski definition) is 0. The number of halogens is 2. The molecule has 4 heteroatoms. The van der Waals surface area contributed by atoms with Crippen LogP contribution in [0.3, 0.4) is 0 Å². The fourth-order valence-electron chi connectivity index (χ4n) is 2.17. The van der Waals surface area contributed by atoms with Crippen molar-refractivity contribution in [3.63, 3.8) is 0 Å². The minimum Gasteiger partial charge on any atom is -0.455 e. The fourth-order valence-corrected chi connectivity index (χ4v) is 2.61. The predicted octanol–water partition coefficient (Wildman–Crippen LogP) is 5.37. The molecule has 1 heterocycles. The summed E-state index contributed by atoms with van der Waals surface area (Å²) in [5.41, 5.74) is 2.50. The van der Waals surface area contributed by atoms with E-state index in [9.17, 15) is 4.39 Å². The molecular weight excluding hydrogens is 333 g/mol. The molecule has 0 aliphatic rings. The number of alkyl halides is 1. The van der Waals surface area contributed by atoms with Crippen molar-refractivity contribution in [2.75, 3.05) is 0 Å². The van der Waals surface area contributed by atoms with Gasteiger partial charge in [0.15, 0.2) is 5.75 Å². The van der Waals surface area contributed by atoms with Gasteiger partial charge in [-0.25, -0.2) is 9.37 Å². The lowest BCUT2D eigenvalue weighted by Crippen LogP contribution is -1.93. The van der Waals surface area contributed by atoms with Crippen LogP contribution in [0.15, 0.2) is 48.5 Å². The summed E-state index contributed by atoms with van der Waals surface area (Å²) in [4.78, 5) is 4.53. The zero-order valence-corrected chi connectivity index (χ0v) is 13.0. The van der Waals surface area contributed by atoms with Gasteiger partial charge in [0.05, 0.1) is 0 Å². The number of fused-ring (bicyclic) bond motifs is 1. The summed E-state index contributed by atoms with van der Waals surface area (Å²) in [5, 5.41) is 1.54. The van der Waals surface area contributed by atoms with Crippen LogP contribution in [0.1, 0.15) is 11.3 Å². The molecule has 3 rings (SSSR count). The molecule has 1 aromatic heterocycles. The summed E-state index contributed by atoms with van der Waals surface area (Å²) in [6.45, 7) is 1.94. The van der Waals surface area contributed by atoms with E-state index in [-0.39, 0.29) is 5.82 Å². The Morgan fingerprint density at radius 2 is 1.95 bits per heavy atom. The number of aryl methyl sites for hydroxylation is 1. The molecule has 0 fully saturated rings. The Morgan fingerprint density at radius 1 is 1.10 bits per heavy atom. The van der Waals surface area contributed by atoms with Gasteiger partial charge in [-0.05, 0) is 37.3 Å². The maximum absolute atomic E-state index is 13.3. The minimum atomic E-state index is -0.274. The highest BCUT2D eigenvalue weighted by atomic mass is 79.9. The quantitative estimate of drug-likeness (QED) is 0.595. The van der Waals surface area contributed by atoms with Crippen LogP contribution in [-0.4, -0.2) is 4.98 Å². The van der Waals surface area contributed by atoms with Crippen molar-refractivity contribution in [3.8, 4) is 11.5 Å². The summed E-state index contributed by atoms with van der Waals surface area (Å²) in [5.74, 6) is 1.03. The first-order valence-electron chi connectivity index (χ1n) is 6.56. The molecule has 3 aromatic rings. The zero-order valence-electron chi connectivity index (χ0n) is 11.4. The van der Waals surface area contributed by atoms with Crippen LogP contribution in [0.5, 0.6) is 11.5 Å². The van der Waals surface area contributed by atoms with Crippen molar-refractivity contribution in [1.82, 2.24) is 4.98 Å². The van der Waals surface area contributed by atoms with E-state index < -0.39 is 0 Å². The van der Waals surface area contributed by atoms with E-state index >= 15 is 0 Å². The highest BCUT2D eigenvalue weighted by Gasteiger charge is 2.09. The Labute approximate surface area is 130 Å². The summed E-state index contributed by atoms with van der Waals surface area (Å²) in [6.07, 6.45) is 0. The average Bonchev–Trinajstić information content (AvgIpc) is 2.49. The molecule has 2 nitrogen and oxygen atoms in total. The molecule has 106 valence electrons. The van der Waals surface area contributed by atoms with Crippen LogP contribution in [0, 0.1) is 12.7 Å². The van der Waals surface area contributed by atoms with E-state index in [0.717, 1.165) is 22.2 Å². The number of hydrogen-bond acceptors (Lipinski definition) is 2. The lowest BCUT2D eigenvalue weighted by Gasteiger charge is -2.11. The predicted molar refractivity (Wildman–Crippen MR) is 85.6 cm³/mol. The second-order valence-corrected chi connectivity index (χ2v) is 5.33. The first-order chi connectivity index (χ1) is 10.2. The number of rotatable bonds is 3. The van der Waals surface area contributed by atoms with Gasteiger partial charge in [-0.15, -0.1) is 0 Å². The molecule has 0 bridgehead atoms. The van der Waals surface area contributed by atoms with E-state index in [1.54, 1.807) is 6.07 Å². The number of para-hydroxylation sites is 1. The minimum absolute atomic E-state index is 0.274. The van der Waals surface area contributed by atoms with E-state index in [0.29, 0.717) is 16.8 Å². The van der Waals surface area contributed by atoms with Crippen molar-refractivity contribution in [3.05, 3.63) is 65.6 Å². The number of aromatic nitrogens is 1. The average molecular weight is 346 g/mol. The SMILES string of the molecule is Cc1ccc2cccc(Oc3ccc(F)cc3CBr)c2n1. The van der Waals surface area contributed by atoms with Crippen molar-refractivity contribution < 1.29 is 9.13 Å². The Balaban J connectivity index is 2.08. The van der Waals surface area contributed by atoms with Gasteiger partial charge in [0.1, 0.15) is 17.1 Å². The molecule has 0 saturated carbocycles. The highest BCUT2D eigenvalue weighted by molar-refractivity contribution is 9.08. The Morgan fingerprint density at radius 3 is 2.76 bits per heavy atom. The second-order valence-electron chi connectivity index (χ2n) is 4.77. The van der Waals surface area contributed by atoms with Crippen LogP contribution >= 0.6 is 15.9 Å².